The third-order valence-electron chi connectivity index (χ3n) is 5.88. The molecule has 0 aromatic heterocycles. The van der Waals surface area contributed by atoms with Crippen LogP contribution in [-0.4, -0.2) is 49.7 Å². The smallest absolute Gasteiger partial charge is 0.324 e. The van der Waals surface area contributed by atoms with Gasteiger partial charge in [-0.2, -0.15) is 0 Å². The predicted octanol–water partition coefficient (Wildman–Crippen LogP) is 2.71. The van der Waals surface area contributed by atoms with Gasteiger partial charge in [-0.25, -0.2) is 4.79 Å². The largest absolute Gasteiger partial charge is 0.497 e. The summed E-state index contributed by atoms with van der Waals surface area (Å²) >= 11 is 0. The molecule has 0 radical (unpaired) electrons. The Bertz CT molecular complexity index is 652. The number of hydrogen-bond donors (Lipinski definition) is 1. The summed E-state index contributed by atoms with van der Waals surface area (Å²) in [5.74, 6) is 0.814. The Kier molecular flexibility index (Phi) is 5.51. The molecule has 0 aliphatic carbocycles. The quantitative estimate of drug-likeness (QED) is 0.792. The monoisotopic (exact) mass is 360 g/mol. The van der Waals surface area contributed by atoms with Crippen LogP contribution in [0.2, 0.25) is 0 Å². The highest BCUT2D eigenvalue weighted by atomic mass is 16.5. The number of carbonyl (C=O) groups is 2. The molecule has 2 atom stereocenters. The maximum absolute atomic E-state index is 12.9. The van der Waals surface area contributed by atoms with Gasteiger partial charge in [-0.15, -0.1) is 0 Å². The van der Waals surface area contributed by atoms with Crippen LogP contribution in [-0.2, 0) is 14.9 Å². The van der Waals surface area contributed by atoms with E-state index in [1.54, 1.807) is 7.11 Å². The lowest BCUT2D eigenvalue weighted by Crippen LogP contribution is -2.47. The fourth-order valence-electron chi connectivity index (χ4n) is 3.86. The van der Waals surface area contributed by atoms with Gasteiger partial charge in [0.1, 0.15) is 11.8 Å². The zero-order valence-corrected chi connectivity index (χ0v) is 15.8. The molecule has 2 aliphatic rings. The second-order valence-corrected chi connectivity index (χ2v) is 7.36. The van der Waals surface area contributed by atoms with E-state index in [1.807, 2.05) is 38.1 Å². The summed E-state index contributed by atoms with van der Waals surface area (Å²) < 4.78 is 10.8. The van der Waals surface area contributed by atoms with Gasteiger partial charge in [0.25, 0.3) is 5.91 Å². The lowest BCUT2D eigenvalue weighted by atomic mass is 9.73. The predicted molar refractivity (Wildman–Crippen MR) is 98.2 cm³/mol. The van der Waals surface area contributed by atoms with E-state index >= 15 is 0 Å². The number of rotatable bonds is 6. The molecular formula is C20H28N2O4. The van der Waals surface area contributed by atoms with Gasteiger partial charge in [0.05, 0.1) is 7.11 Å². The molecular weight excluding hydrogens is 332 g/mol. The minimum atomic E-state index is -0.416. The number of amides is 3. The van der Waals surface area contributed by atoms with Crippen molar-refractivity contribution in [3.63, 3.8) is 0 Å². The summed E-state index contributed by atoms with van der Waals surface area (Å²) in [6.45, 7) is 5.68. The minimum Gasteiger partial charge on any atom is -0.497 e. The van der Waals surface area contributed by atoms with Crippen LogP contribution in [0.1, 0.15) is 38.7 Å². The number of imide groups is 1. The molecule has 0 bridgehead atoms. The number of nitrogens with zero attached hydrogens (tertiary/aromatic N) is 1. The van der Waals surface area contributed by atoms with Crippen molar-refractivity contribution in [2.45, 2.75) is 44.6 Å². The summed E-state index contributed by atoms with van der Waals surface area (Å²) in [5.41, 5.74) is 0.844. The molecule has 6 heteroatoms. The molecule has 2 aliphatic heterocycles. The number of benzene rings is 1. The third-order valence-corrected chi connectivity index (χ3v) is 5.88. The van der Waals surface area contributed by atoms with Gasteiger partial charge < -0.3 is 14.8 Å². The summed E-state index contributed by atoms with van der Waals surface area (Å²) in [5, 5.41) is 2.87. The van der Waals surface area contributed by atoms with Crippen molar-refractivity contribution in [2.75, 3.05) is 26.9 Å². The van der Waals surface area contributed by atoms with Crippen molar-refractivity contribution in [2.24, 2.45) is 5.92 Å². The SMILES string of the molecule is CCC(C)[C@@H]1NC(=O)N(CC2(c3ccc(OC)cc3)CCOCC2)C1=O. The van der Waals surface area contributed by atoms with Crippen molar-refractivity contribution in [3.8, 4) is 5.75 Å². The highest BCUT2D eigenvalue weighted by Gasteiger charge is 2.45. The molecule has 2 saturated heterocycles. The summed E-state index contributed by atoms with van der Waals surface area (Å²) in [4.78, 5) is 26.8. The van der Waals surface area contributed by atoms with E-state index in [4.69, 9.17) is 9.47 Å². The Morgan fingerprint density at radius 3 is 2.50 bits per heavy atom. The zero-order valence-electron chi connectivity index (χ0n) is 15.8. The fraction of sp³-hybridized carbons (Fsp3) is 0.600. The van der Waals surface area contributed by atoms with Crippen molar-refractivity contribution >= 4 is 11.9 Å². The molecule has 3 rings (SSSR count). The third kappa shape index (κ3) is 3.43. The van der Waals surface area contributed by atoms with Crippen LogP contribution in [0.4, 0.5) is 4.79 Å². The van der Waals surface area contributed by atoms with Crippen molar-refractivity contribution in [1.29, 1.82) is 0 Å². The van der Waals surface area contributed by atoms with Crippen LogP contribution in [0.5, 0.6) is 5.75 Å². The molecule has 26 heavy (non-hydrogen) atoms. The van der Waals surface area contributed by atoms with E-state index in [1.165, 1.54) is 4.90 Å². The molecule has 1 aromatic rings. The van der Waals surface area contributed by atoms with E-state index in [2.05, 4.69) is 5.32 Å². The van der Waals surface area contributed by atoms with Crippen LogP contribution in [0.3, 0.4) is 0 Å². The van der Waals surface area contributed by atoms with E-state index in [0.717, 1.165) is 30.6 Å². The first-order valence-corrected chi connectivity index (χ1v) is 9.35. The van der Waals surface area contributed by atoms with Gasteiger partial charge in [-0.05, 0) is 36.5 Å². The standard InChI is InChI=1S/C20H28N2O4/c1-4-14(2)17-18(23)22(19(24)21-17)13-20(9-11-26-12-10-20)15-5-7-16(25-3)8-6-15/h5-8,14,17H,4,9-13H2,1-3H3,(H,21,24)/t14?,17-/m0/s1. The normalized spacial score (nSPS) is 23.7. The fourth-order valence-corrected chi connectivity index (χ4v) is 3.86. The average molecular weight is 360 g/mol. The topological polar surface area (TPSA) is 67.9 Å². The second-order valence-electron chi connectivity index (χ2n) is 7.36. The molecule has 3 amide bonds. The molecule has 0 spiro atoms. The summed E-state index contributed by atoms with van der Waals surface area (Å²) in [7, 11) is 1.64. The Balaban J connectivity index is 1.86. The highest BCUT2D eigenvalue weighted by Crippen LogP contribution is 2.37. The van der Waals surface area contributed by atoms with Crippen LogP contribution < -0.4 is 10.1 Å². The maximum Gasteiger partial charge on any atom is 0.324 e. The first-order valence-electron chi connectivity index (χ1n) is 9.35. The molecule has 0 saturated carbocycles. The van der Waals surface area contributed by atoms with Crippen LogP contribution in [0, 0.1) is 5.92 Å². The Morgan fingerprint density at radius 2 is 1.92 bits per heavy atom. The van der Waals surface area contributed by atoms with Gasteiger partial charge in [0.15, 0.2) is 0 Å². The summed E-state index contributed by atoms with van der Waals surface area (Å²) in [6, 6.07) is 7.24. The van der Waals surface area contributed by atoms with Gasteiger partial charge in [-0.3, -0.25) is 9.69 Å². The summed E-state index contributed by atoms with van der Waals surface area (Å²) in [6.07, 6.45) is 2.41. The van der Waals surface area contributed by atoms with Crippen LogP contribution in [0.15, 0.2) is 24.3 Å². The second kappa shape index (κ2) is 7.66. The van der Waals surface area contributed by atoms with Crippen molar-refractivity contribution in [3.05, 3.63) is 29.8 Å². The first-order chi connectivity index (χ1) is 12.5. The lowest BCUT2D eigenvalue weighted by Gasteiger charge is -2.39. The Labute approximate surface area is 154 Å². The highest BCUT2D eigenvalue weighted by molar-refractivity contribution is 6.04. The van der Waals surface area contributed by atoms with Crippen molar-refractivity contribution in [1.82, 2.24) is 10.2 Å². The van der Waals surface area contributed by atoms with E-state index in [9.17, 15) is 9.59 Å². The van der Waals surface area contributed by atoms with E-state index < -0.39 is 6.04 Å². The van der Waals surface area contributed by atoms with E-state index in [-0.39, 0.29) is 23.3 Å². The lowest BCUT2D eigenvalue weighted by molar-refractivity contribution is -0.129. The van der Waals surface area contributed by atoms with Gasteiger partial charge in [0.2, 0.25) is 0 Å². The molecule has 1 unspecified atom stereocenters. The molecule has 1 aromatic carbocycles. The van der Waals surface area contributed by atoms with Gasteiger partial charge in [-0.1, -0.05) is 32.4 Å². The Morgan fingerprint density at radius 1 is 1.27 bits per heavy atom. The Hall–Kier alpha value is -2.08. The van der Waals surface area contributed by atoms with Crippen LogP contribution >= 0.6 is 0 Å². The molecule has 142 valence electrons. The van der Waals surface area contributed by atoms with Gasteiger partial charge in [0, 0.05) is 25.2 Å². The number of carbonyl (C=O) groups excluding carboxylic acids is 2. The maximum atomic E-state index is 12.9. The molecule has 2 heterocycles. The average Bonchev–Trinajstić information content (AvgIpc) is 2.96. The first kappa shape index (κ1) is 18.7. The molecule has 6 nitrogen and oxygen atoms in total. The number of urea groups is 1. The molecule has 2 fully saturated rings. The number of ether oxygens (including phenoxy) is 2. The number of methoxy groups -OCH3 is 1. The number of nitrogens with one attached hydrogen (secondary N) is 1. The number of hydrogen-bond acceptors (Lipinski definition) is 4. The van der Waals surface area contributed by atoms with E-state index in [0.29, 0.717) is 19.8 Å². The van der Waals surface area contributed by atoms with Crippen molar-refractivity contribution < 1.29 is 19.1 Å². The zero-order chi connectivity index (χ0) is 18.7. The van der Waals surface area contributed by atoms with Crippen LogP contribution in [0.25, 0.3) is 0 Å². The molecule has 1 N–H and O–H groups in total. The van der Waals surface area contributed by atoms with Gasteiger partial charge >= 0.3 is 6.03 Å². The minimum absolute atomic E-state index is 0.108.